The molecule has 2 aliphatic rings. The quantitative estimate of drug-likeness (QED) is 0.750. The minimum atomic E-state index is -0.326. The Bertz CT molecular complexity index is 743. The number of hydrogen-bond acceptors (Lipinski definition) is 5. The van der Waals surface area contributed by atoms with Gasteiger partial charge in [-0.25, -0.2) is 0 Å². The van der Waals surface area contributed by atoms with Gasteiger partial charge in [-0.15, -0.1) is 0 Å². The molecular formula is C19H23ClN2O5. The van der Waals surface area contributed by atoms with E-state index in [1.165, 1.54) is 19.1 Å². The van der Waals surface area contributed by atoms with Crippen LogP contribution in [-0.2, 0) is 14.4 Å². The van der Waals surface area contributed by atoms with Crippen molar-refractivity contribution in [2.45, 2.75) is 32.1 Å². The summed E-state index contributed by atoms with van der Waals surface area (Å²) in [6.07, 6.45) is 3.50. The molecule has 0 spiro atoms. The largest absolute Gasteiger partial charge is 0.495 e. The fourth-order valence-corrected chi connectivity index (χ4v) is 4.07. The van der Waals surface area contributed by atoms with Gasteiger partial charge in [-0.05, 0) is 12.8 Å². The Kier molecular flexibility index (Phi) is 5.89. The molecule has 1 aromatic carbocycles. The van der Waals surface area contributed by atoms with E-state index in [0.29, 0.717) is 22.2 Å². The van der Waals surface area contributed by atoms with Gasteiger partial charge in [0.25, 0.3) is 0 Å². The Labute approximate surface area is 162 Å². The van der Waals surface area contributed by atoms with Crippen LogP contribution >= 0.6 is 11.6 Å². The van der Waals surface area contributed by atoms with Gasteiger partial charge in [0, 0.05) is 25.1 Å². The number of halogens is 1. The maximum atomic E-state index is 12.5. The Morgan fingerprint density at radius 2 is 1.70 bits per heavy atom. The first-order chi connectivity index (χ1) is 13.0. The highest BCUT2D eigenvalue weighted by Crippen LogP contribution is 2.38. The topological polar surface area (TPSA) is 84.9 Å². The van der Waals surface area contributed by atoms with E-state index in [4.69, 9.17) is 21.1 Å². The number of rotatable bonds is 6. The molecule has 27 heavy (non-hydrogen) atoms. The number of amides is 3. The van der Waals surface area contributed by atoms with Crippen molar-refractivity contribution in [1.82, 2.24) is 4.90 Å². The van der Waals surface area contributed by atoms with E-state index < -0.39 is 0 Å². The Morgan fingerprint density at radius 3 is 2.26 bits per heavy atom. The summed E-state index contributed by atoms with van der Waals surface area (Å²) >= 11 is 6.06. The number of hydrogen-bond donors (Lipinski definition) is 1. The fraction of sp³-hybridized carbons (Fsp3) is 0.526. The van der Waals surface area contributed by atoms with Crippen LogP contribution in [0.5, 0.6) is 11.5 Å². The van der Waals surface area contributed by atoms with E-state index in [1.54, 1.807) is 12.1 Å². The van der Waals surface area contributed by atoms with Gasteiger partial charge >= 0.3 is 0 Å². The van der Waals surface area contributed by atoms with Gasteiger partial charge in [0.2, 0.25) is 17.7 Å². The molecule has 1 heterocycles. The number of methoxy groups -OCH3 is 2. The van der Waals surface area contributed by atoms with E-state index in [-0.39, 0.29) is 42.5 Å². The number of fused-ring (bicyclic) bond motifs is 1. The highest BCUT2D eigenvalue weighted by molar-refractivity contribution is 6.32. The Hall–Kier alpha value is -2.28. The third kappa shape index (κ3) is 3.88. The molecule has 0 aromatic heterocycles. The fourth-order valence-electron chi connectivity index (χ4n) is 3.84. The molecule has 1 saturated heterocycles. The monoisotopic (exact) mass is 394 g/mol. The van der Waals surface area contributed by atoms with Crippen LogP contribution in [-0.4, -0.2) is 43.4 Å². The minimum Gasteiger partial charge on any atom is -0.495 e. The summed E-state index contributed by atoms with van der Waals surface area (Å²) in [6, 6.07) is 3.12. The van der Waals surface area contributed by atoms with Gasteiger partial charge in [0.15, 0.2) is 0 Å². The zero-order chi connectivity index (χ0) is 19.6. The molecule has 146 valence electrons. The maximum Gasteiger partial charge on any atom is 0.233 e. The lowest BCUT2D eigenvalue weighted by atomic mass is 9.81. The summed E-state index contributed by atoms with van der Waals surface area (Å²) in [6.45, 7) is 0.0868. The van der Waals surface area contributed by atoms with Crippen LogP contribution in [0.3, 0.4) is 0 Å². The summed E-state index contributed by atoms with van der Waals surface area (Å²) in [5.74, 6) is -0.195. The Balaban J connectivity index is 1.63. The SMILES string of the molecule is COc1cc(NC(=O)CCN2C(=O)[C@H]3CCCC[C@@H]3C2=O)c(OC)cc1Cl. The number of anilines is 1. The lowest BCUT2D eigenvalue weighted by Gasteiger charge is -2.19. The first-order valence-corrected chi connectivity index (χ1v) is 9.40. The van der Waals surface area contributed by atoms with Crippen molar-refractivity contribution in [2.24, 2.45) is 11.8 Å². The number of nitrogens with zero attached hydrogens (tertiary/aromatic N) is 1. The van der Waals surface area contributed by atoms with Crippen molar-refractivity contribution >= 4 is 35.0 Å². The molecule has 0 radical (unpaired) electrons. The molecule has 8 heteroatoms. The summed E-state index contributed by atoms with van der Waals surface area (Å²) < 4.78 is 10.4. The molecule has 3 rings (SSSR count). The maximum absolute atomic E-state index is 12.5. The van der Waals surface area contributed by atoms with Crippen molar-refractivity contribution < 1.29 is 23.9 Å². The molecule has 0 unspecified atom stereocenters. The number of ether oxygens (including phenoxy) is 2. The van der Waals surface area contributed by atoms with Crippen LogP contribution < -0.4 is 14.8 Å². The van der Waals surface area contributed by atoms with Crippen molar-refractivity contribution in [3.63, 3.8) is 0 Å². The van der Waals surface area contributed by atoms with E-state index in [0.717, 1.165) is 25.7 Å². The van der Waals surface area contributed by atoms with Crippen LogP contribution in [0.1, 0.15) is 32.1 Å². The summed E-state index contributed by atoms with van der Waals surface area (Å²) in [5, 5.41) is 3.09. The number of likely N-dealkylation sites (tertiary alicyclic amines) is 1. The second-order valence-electron chi connectivity index (χ2n) is 6.81. The standard InChI is InChI=1S/C19H23ClN2O5/c1-26-15-10-14(16(27-2)9-13(15)20)21-17(23)7-8-22-18(24)11-5-3-4-6-12(11)19(22)25/h9-12H,3-8H2,1-2H3,(H,21,23)/t11-,12-/m0/s1. The summed E-state index contributed by atoms with van der Waals surface area (Å²) in [5.41, 5.74) is 0.413. The highest BCUT2D eigenvalue weighted by atomic mass is 35.5. The molecule has 1 aliphatic carbocycles. The predicted octanol–water partition coefficient (Wildman–Crippen LogP) is 2.86. The van der Waals surface area contributed by atoms with Gasteiger partial charge in [-0.1, -0.05) is 24.4 Å². The zero-order valence-corrected chi connectivity index (χ0v) is 16.2. The van der Waals surface area contributed by atoms with E-state index >= 15 is 0 Å². The summed E-state index contributed by atoms with van der Waals surface area (Å²) in [7, 11) is 2.94. The molecular weight excluding hydrogens is 372 g/mol. The van der Waals surface area contributed by atoms with Gasteiger partial charge in [-0.3, -0.25) is 19.3 Å². The molecule has 0 bridgehead atoms. The van der Waals surface area contributed by atoms with Gasteiger partial charge in [0.1, 0.15) is 11.5 Å². The number of nitrogens with one attached hydrogen (secondary N) is 1. The molecule has 1 saturated carbocycles. The van der Waals surface area contributed by atoms with Crippen molar-refractivity contribution in [3.8, 4) is 11.5 Å². The van der Waals surface area contributed by atoms with Crippen molar-refractivity contribution in [2.75, 3.05) is 26.1 Å². The average molecular weight is 395 g/mol. The predicted molar refractivity (Wildman–Crippen MR) is 100.0 cm³/mol. The lowest BCUT2D eigenvalue weighted by molar-refractivity contribution is -0.140. The van der Waals surface area contributed by atoms with Crippen LogP contribution in [0.4, 0.5) is 5.69 Å². The molecule has 2 atom stereocenters. The number of carbonyl (C=O) groups excluding carboxylic acids is 3. The molecule has 1 aromatic rings. The zero-order valence-electron chi connectivity index (χ0n) is 15.4. The smallest absolute Gasteiger partial charge is 0.233 e. The molecule has 1 N–H and O–H groups in total. The molecule has 7 nitrogen and oxygen atoms in total. The third-order valence-corrected chi connectivity index (χ3v) is 5.54. The van der Waals surface area contributed by atoms with Crippen molar-refractivity contribution in [1.29, 1.82) is 0 Å². The van der Waals surface area contributed by atoms with E-state index in [9.17, 15) is 14.4 Å². The van der Waals surface area contributed by atoms with E-state index in [1.807, 2.05) is 0 Å². The highest BCUT2D eigenvalue weighted by Gasteiger charge is 2.47. The molecule has 2 fully saturated rings. The third-order valence-electron chi connectivity index (χ3n) is 5.24. The van der Waals surface area contributed by atoms with Gasteiger partial charge in [0.05, 0.1) is 36.8 Å². The number of imide groups is 1. The second-order valence-corrected chi connectivity index (χ2v) is 7.22. The first kappa shape index (κ1) is 19.5. The minimum absolute atomic E-state index is 0.0189. The number of carbonyl (C=O) groups is 3. The van der Waals surface area contributed by atoms with Gasteiger partial charge < -0.3 is 14.8 Å². The van der Waals surface area contributed by atoms with Crippen molar-refractivity contribution in [3.05, 3.63) is 17.2 Å². The molecule has 1 aliphatic heterocycles. The Morgan fingerprint density at radius 1 is 1.11 bits per heavy atom. The number of benzene rings is 1. The lowest BCUT2D eigenvalue weighted by Crippen LogP contribution is -2.34. The second kappa shape index (κ2) is 8.17. The average Bonchev–Trinajstić information content (AvgIpc) is 2.92. The van der Waals surface area contributed by atoms with E-state index in [2.05, 4.69) is 5.32 Å². The summed E-state index contributed by atoms with van der Waals surface area (Å²) in [4.78, 5) is 38.5. The first-order valence-electron chi connectivity index (χ1n) is 9.02. The van der Waals surface area contributed by atoms with Gasteiger partial charge in [-0.2, -0.15) is 0 Å². The normalized spacial score (nSPS) is 21.8. The molecule has 3 amide bonds. The van der Waals surface area contributed by atoms with Crippen LogP contribution in [0.15, 0.2) is 12.1 Å². The van der Waals surface area contributed by atoms with Crippen LogP contribution in [0, 0.1) is 11.8 Å². The van der Waals surface area contributed by atoms with Crippen LogP contribution in [0.2, 0.25) is 5.02 Å². The van der Waals surface area contributed by atoms with Crippen LogP contribution in [0.25, 0.3) is 0 Å².